The average Bonchev–Trinajstić information content (AvgIpc) is 2.37. The lowest BCUT2D eigenvalue weighted by molar-refractivity contribution is 0.112. The highest BCUT2D eigenvalue weighted by atomic mass is 79.9. The molecule has 0 saturated heterocycles. The number of aldehydes is 1. The average molecular weight is 308 g/mol. The van der Waals surface area contributed by atoms with E-state index in [0.29, 0.717) is 5.56 Å². The molecule has 0 N–H and O–H groups in total. The van der Waals surface area contributed by atoms with E-state index in [9.17, 15) is 4.79 Å². The number of aromatic nitrogens is 1. The van der Waals surface area contributed by atoms with Gasteiger partial charge in [0, 0.05) is 33.1 Å². The van der Waals surface area contributed by atoms with Crippen LogP contribution < -0.4 is 0 Å². The molecule has 0 aliphatic carbocycles. The molecule has 0 saturated carbocycles. The minimum atomic E-state index is 0.711. The predicted molar refractivity (Wildman–Crippen MR) is 73.3 cm³/mol. The fourth-order valence-corrected chi connectivity index (χ4v) is 2.68. The minimum Gasteiger partial charge on any atom is -0.298 e. The molecule has 1 aromatic heterocycles. The van der Waals surface area contributed by atoms with Gasteiger partial charge in [-0.2, -0.15) is 0 Å². The smallest absolute Gasteiger partial charge is 0.150 e. The van der Waals surface area contributed by atoms with Crippen molar-refractivity contribution in [3.63, 3.8) is 0 Å². The van der Waals surface area contributed by atoms with Gasteiger partial charge in [0.2, 0.25) is 0 Å². The summed E-state index contributed by atoms with van der Waals surface area (Å²) < 4.78 is 0.984. The van der Waals surface area contributed by atoms with Crippen LogP contribution in [0, 0.1) is 0 Å². The van der Waals surface area contributed by atoms with Crippen LogP contribution in [0.5, 0.6) is 0 Å². The van der Waals surface area contributed by atoms with Crippen LogP contribution in [-0.2, 0) is 5.75 Å². The molecule has 2 rings (SSSR count). The van der Waals surface area contributed by atoms with E-state index in [1.54, 1.807) is 24.0 Å². The first-order valence-corrected chi connectivity index (χ1v) is 6.83. The van der Waals surface area contributed by atoms with E-state index < -0.39 is 0 Å². The van der Waals surface area contributed by atoms with Gasteiger partial charge in [-0.15, -0.1) is 11.8 Å². The quantitative estimate of drug-likeness (QED) is 0.633. The molecule has 0 aliphatic rings. The Kier molecular flexibility index (Phi) is 4.34. The van der Waals surface area contributed by atoms with Crippen molar-refractivity contribution in [2.75, 3.05) is 0 Å². The molecule has 0 bridgehead atoms. The summed E-state index contributed by atoms with van der Waals surface area (Å²) in [6.07, 6.45) is 4.48. The molecule has 2 nitrogen and oxygen atoms in total. The Morgan fingerprint density at radius 2 is 2.18 bits per heavy atom. The normalized spacial score (nSPS) is 10.2. The number of nitrogens with zero attached hydrogens (tertiary/aromatic N) is 1. The van der Waals surface area contributed by atoms with Gasteiger partial charge < -0.3 is 0 Å². The summed E-state index contributed by atoms with van der Waals surface area (Å²) in [4.78, 5) is 15.9. The third-order valence-corrected chi connectivity index (χ3v) is 3.66. The summed E-state index contributed by atoms with van der Waals surface area (Å²) in [5.74, 6) is 0.842. The van der Waals surface area contributed by atoms with Crippen molar-refractivity contribution in [3.8, 4) is 0 Å². The van der Waals surface area contributed by atoms with Gasteiger partial charge in [0.25, 0.3) is 0 Å². The second-order valence-corrected chi connectivity index (χ2v) is 5.45. The lowest BCUT2D eigenvalue weighted by Crippen LogP contribution is -1.84. The van der Waals surface area contributed by atoms with Crippen molar-refractivity contribution in [3.05, 3.63) is 58.3 Å². The van der Waals surface area contributed by atoms with Crippen molar-refractivity contribution < 1.29 is 4.79 Å². The monoisotopic (exact) mass is 307 g/mol. The SMILES string of the molecule is O=Cc1cccc(SCc2cncc(Br)c2)c1. The Morgan fingerprint density at radius 1 is 1.29 bits per heavy atom. The number of hydrogen-bond donors (Lipinski definition) is 0. The number of carbonyl (C=O) groups is 1. The van der Waals surface area contributed by atoms with Crippen LogP contribution >= 0.6 is 27.7 Å². The zero-order chi connectivity index (χ0) is 12.1. The third-order valence-electron chi connectivity index (χ3n) is 2.16. The topological polar surface area (TPSA) is 30.0 Å². The number of hydrogen-bond acceptors (Lipinski definition) is 3. The number of carbonyl (C=O) groups excluding carboxylic acids is 1. The maximum Gasteiger partial charge on any atom is 0.150 e. The van der Waals surface area contributed by atoms with Crippen LogP contribution in [0.25, 0.3) is 0 Å². The van der Waals surface area contributed by atoms with Crippen LogP contribution in [0.3, 0.4) is 0 Å². The molecule has 0 amide bonds. The van der Waals surface area contributed by atoms with Crippen molar-refractivity contribution in [1.29, 1.82) is 0 Å². The van der Waals surface area contributed by atoms with E-state index >= 15 is 0 Å². The van der Waals surface area contributed by atoms with Crippen LogP contribution in [0.4, 0.5) is 0 Å². The Balaban J connectivity index is 2.04. The predicted octanol–water partition coefficient (Wildman–Crippen LogP) is 3.95. The van der Waals surface area contributed by atoms with Crippen LogP contribution in [-0.4, -0.2) is 11.3 Å². The largest absolute Gasteiger partial charge is 0.298 e. The number of pyridine rings is 1. The van der Waals surface area contributed by atoms with Crippen molar-refractivity contribution >= 4 is 34.0 Å². The first kappa shape index (κ1) is 12.3. The summed E-state index contributed by atoms with van der Waals surface area (Å²) in [7, 11) is 0. The van der Waals surface area contributed by atoms with Gasteiger partial charge in [0.1, 0.15) is 6.29 Å². The first-order valence-electron chi connectivity index (χ1n) is 5.05. The summed E-state index contributed by atoms with van der Waals surface area (Å²) in [5.41, 5.74) is 1.86. The second-order valence-electron chi connectivity index (χ2n) is 3.49. The Bertz CT molecular complexity index is 530. The van der Waals surface area contributed by atoms with E-state index in [1.165, 1.54) is 0 Å². The lowest BCUT2D eigenvalue weighted by atomic mass is 10.2. The van der Waals surface area contributed by atoms with Crippen LogP contribution in [0.15, 0.2) is 52.1 Å². The van der Waals surface area contributed by atoms with E-state index in [4.69, 9.17) is 0 Å². The van der Waals surface area contributed by atoms with Gasteiger partial charge in [0.15, 0.2) is 0 Å². The Morgan fingerprint density at radius 3 is 2.94 bits per heavy atom. The summed E-state index contributed by atoms with van der Waals surface area (Å²) in [6, 6.07) is 9.64. The molecule has 1 heterocycles. The van der Waals surface area contributed by atoms with Crippen LogP contribution in [0.1, 0.15) is 15.9 Å². The van der Waals surface area contributed by atoms with Crippen molar-refractivity contribution in [1.82, 2.24) is 4.98 Å². The first-order chi connectivity index (χ1) is 8.28. The van der Waals surface area contributed by atoms with E-state index in [-0.39, 0.29) is 0 Å². The number of thioether (sulfide) groups is 1. The Hall–Kier alpha value is -1.13. The molecule has 1 aromatic carbocycles. The molecule has 86 valence electrons. The zero-order valence-electron chi connectivity index (χ0n) is 8.97. The van der Waals surface area contributed by atoms with Gasteiger partial charge >= 0.3 is 0 Å². The molecular formula is C13H10BrNOS. The lowest BCUT2D eigenvalue weighted by Gasteiger charge is -2.02. The molecule has 0 fully saturated rings. The molecule has 4 heteroatoms. The highest BCUT2D eigenvalue weighted by molar-refractivity contribution is 9.10. The van der Waals surface area contributed by atoms with Crippen molar-refractivity contribution in [2.24, 2.45) is 0 Å². The molecule has 0 atom stereocenters. The van der Waals surface area contributed by atoms with Crippen LogP contribution in [0.2, 0.25) is 0 Å². The second kappa shape index (κ2) is 5.98. The van der Waals surface area contributed by atoms with E-state index in [2.05, 4.69) is 20.9 Å². The third kappa shape index (κ3) is 3.68. The summed E-state index contributed by atoms with van der Waals surface area (Å²) >= 11 is 5.09. The van der Waals surface area contributed by atoms with Gasteiger partial charge in [-0.3, -0.25) is 9.78 Å². The van der Waals surface area contributed by atoms with Gasteiger partial charge in [-0.05, 0) is 39.7 Å². The van der Waals surface area contributed by atoms with Gasteiger partial charge in [0.05, 0.1) is 0 Å². The molecular weight excluding hydrogens is 298 g/mol. The maximum atomic E-state index is 10.7. The fraction of sp³-hybridized carbons (Fsp3) is 0.0769. The molecule has 0 aliphatic heterocycles. The molecule has 0 unspecified atom stereocenters. The molecule has 0 radical (unpaired) electrons. The standard InChI is InChI=1S/C13H10BrNOS/c14-12-4-11(6-15-7-12)9-17-13-3-1-2-10(5-13)8-16/h1-8H,9H2. The van der Waals surface area contributed by atoms with Gasteiger partial charge in [-0.25, -0.2) is 0 Å². The highest BCUT2D eigenvalue weighted by Crippen LogP contribution is 2.24. The van der Waals surface area contributed by atoms with Crippen molar-refractivity contribution in [2.45, 2.75) is 10.6 Å². The summed E-state index contributed by atoms with van der Waals surface area (Å²) in [5, 5.41) is 0. The van der Waals surface area contributed by atoms with E-state index in [1.807, 2.05) is 30.5 Å². The zero-order valence-corrected chi connectivity index (χ0v) is 11.4. The molecule has 2 aromatic rings. The number of benzene rings is 1. The van der Waals surface area contributed by atoms with Gasteiger partial charge in [-0.1, -0.05) is 12.1 Å². The number of halogens is 1. The fourth-order valence-electron chi connectivity index (χ4n) is 1.38. The summed E-state index contributed by atoms with van der Waals surface area (Å²) in [6.45, 7) is 0. The highest BCUT2D eigenvalue weighted by Gasteiger charge is 1.99. The molecule has 0 spiro atoms. The minimum absolute atomic E-state index is 0.711. The molecule has 17 heavy (non-hydrogen) atoms. The van der Waals surface area contributed by atoms with E-state index in [0.717, 1.165) is 27.0 Å². The Labute approximate surface area is 113 Å². The number of rotatable bonds is 4. The maximum absolute atomic E-state index is 10.7.